The smallest absolute Gasteiger partial charge is 0.425 e. The van der Waals surface area contributed by atoms with Crippen LogP contribution in [0.4, 0.5) is 22.0 Å². The maximum Gasteiger partial charge on any atom is 0.425 e. The Labute approximate surface area is 222 Å². The van der Waals surface area contributed by atoms with E-state index >= 15 is 0 Å². The number of ether oxygens (including phenoxy) is 3. The molecule has 6 nitrogen and oxygen atoms in total. The number of hydrogen-bond donors (Lipinski definition) is 0. The van der Waals surface area contributed by atoms with E-state index in [2.05, 4.69) is 0 Å². The van der Waals surface area contributed by atoms with Gasteiger partial charge in [-0.25, -0.2) is 17.2 Å². The van der Waals surface area contributed by atoms with Gasteiger partial charge >= 0.3 is 6.18 Å². The molecule has 1 aliphatic rings. The van der Waals surface area contributed by atoms with Crippen LogP contribution < -0.4 is 14.2 Å². The van der Waals surface area contributed by atoms with E-state index in [4.69, 9.17) is 14.2 Å². The van der Waals surface area contributed by atoms with E-state index in [0.29, 0.717) is 5.56 Å². The second kappa shape index (κ2) is 11.0. The van der Waals surface area contributed by atoms with Crippen molar-refractivity contribution in [3.8, 4) is 17.2 Å². The molecule has 39 heavy (non-hydrogen) atoms. The average Bonchev–Trinajstić information content (AvgIpc) is 2.84. The van der Waals surface area contributed by atoms with Gasteiger partial charge in [0.15, 0.2) is 27.5 Å². The van der Waals surface area contributed by atoms with E-state index in [1.165, 1.54) is 13.2 Å². The molecule has 1 aliphatic heterocycles. The summed E-state index contributed by atoms with van der Waals surface area (Å²) in [4.78, 5) is 1.58. The second-order valence-corrected chi connectivity index (χ2v) is 11.1. The first-order valence-corrected chi connectivity index (χ1v) is 13.7. The van der Waals surface area contributed by atoms with Gasteiger partial charge in [-0.3, -0.25) is 4.90 Å². The zero-order chi connectivity index (χ0) is 28.5. The van der Waals surface area contributed by atoms with Crippen LogP contribution >= 0.6 is 0 Å². The van der Waals surface area contributed by atoms with Crippen LogP contribution in [0.2, 0.25) is 0 Å². The predicted molar refractivity (Wildman–Crippen MR) is 133 cm³/mol. The first kappa shape index (κ1) is 28.6. The van der Waals surface area contributed by atoms with Crippen molar-refractivity contribution in [3.63, 3.8) is 0 Å². The standard InChI is InChI=1S/C27H26F5NO5S/c1-16(27(30,31)32)37-21-11-12-23(39(3,34)35)26(36-2)24(21)25(17-7-5-4-6-8-17)33-14-19(15-33)38-22-13-18(28)9-10-20(22)29/h4-13,16,19,25H,14-15H2,1-3H3/t16-,25?/m0/s1. The SMILES string of the molecule is COc1c(S(C)(=O)=O)ccc(O[C@@H](C)C(F)(F)F)c1C(c1ccccc1)N1CC(Oc2cc(F)ccc2F)C1. The maximum atomic E-state index is 14.1. The molecule has 3 aromatic carbocycles. The lowest BCUT2D eigenvalue weighted by molar-refractivity contribution is -0.189. The predicted octanol–water partition coefficient (Wildman–Crippen LogP) is 5.56. The third kappa shape index (κ3) is 6.27. The molecule has 0 aromatic heterocycles. The van der Waals surface area contributed by atoms with Crippen molar-refractivity contribution in [2.75, 3.05) is 26.5 Å². The van der Waals surface area contributed by atoms with Gasteiger partial charge in [-0.1, -0.05) is 30.3 Å². The molecule has 0 aliphatic carbocycles. The quantitative estimate of drug-likeness (QED) is 0.314. The van der Waals surface area contributed by atoms with Gasteiger partial charge in [-0.05, 0) is 36.8 Å². The Morgan fingerprint density at radius 1 is 0.974 bits per heavy atom. The Morgan fingerprint density at radius 3 is 2.23 bits per heavy atom. The highest BCUT2D eigenvalue weighted by Gasteiger charge is 2.42. The number of halogens is 5. The van der Waals surface area contributed by atoms with Crippen LogP contribution in [-0.2, 0) is 9.84 Å². The van der Waals surface area contributed by atoms with Gasteiger partial charge in [-0.2, -0.15) is 13.2 Å². The highest BCUT2D eigenvalue weighted by molar-refractivity contribution is 7.90. The number of sulfone groups is 1. The summed E-state index contributed by atoms with van der Waals surface area (Å²) in [6.45, 7) is 1.17. The van der Waals surface area contributed by atoms with Crippen molar-refractivity contribution in [1.29, 1.82) is 0 Å². The zero-order valence-corrected chi connectivity index (χ0v) is 22.0. The van der Waals surface area contributed by atoms with Crippen molar-refractivity contribution < 1.29 is 44.6 Å². The number of alkyl halides is 3. The minimum atomic E-state index is -4.69. The van der Waals surface area contributed by atoms with Gasteiger partial charge in [0.05, 0.1) is 18.7 Å². The van der Waals surface area contributed by atoms with Crippen molar-refractivity contribution in [2.24, 2.45) is 0 Å². The van der Waals surface area contributed by atoms with Gasteiger partial charge in [-0.15, -0.1) is 0 Å². The Morgan fingerprint density at radius 2 is 1.64 bits per heavy atom. The number of likely N-dealkylation sites (tertiary alicyclic amines) is 1. The molecule has 12 heteroatoms. The second-order valence-electron chi connectivity index (χ2n) is 9.16. The number of rotatable bonds is 9. The van der Waals surface area contributed by atoms with E-state index in [1.54, 1.807) is 35.2 Å². The Balaban J connectivity index is 1.79. The minimum Gasteiger partial charge on any atom is -0.495 e. The lowest BCUT2D eigenvalue weighted by Crippen LogP contribution is -2.55. The molecular weight excluding hydrogens is 545 g/mol. The third-order valence-corrected chi connectivity index (χ3v) is 7.43. The van der Waals surface area contributed by atoms with Crippen molar-refractivity contribution in [3.05, 3.63) is 83.4 Å². The summed E-state index contributed by atoms with van der Waals surface area (Å²) >= 11 is 0. The number of hydrogen-bond acceptors (Lipinski definition) is 6. The molecule has 0 N–H and O–H groups in total. The Bertz CT molecular complexity index is 1430. The van der Waals surface area contributed by atoms with Crippen LogP contribution in [0.3, 0.4) is 0 Å². The topological polar surface area (TPSA) is 65.1 Å². The number of benzene rings is 3. The minimum absolute atomic E-state index is 0.0816. The van der Waals surface area contributed by atoms with Crippen LogP contribution in [-0.4, -0.2) is 58.2 Å². The van der Waals surface area contributed by atoms with Gasteiger partial charge in [0.2, 0.25) is 0 Å². The van der Waals surface area contributed by atoms with Crippen LogP contribution in [0.15, 0.2) is 65.6 Å². The maximum absolute atomic E-state index is 14.1. The summed E-state index contributed by atoms with van der Waals surface area (Å²) in [5, 5.41) is 0. The largest absolute Gasteiger partial charge is 0.495 e. The molecule has 1 unspecified atom stereocenters. The van der Waals surface area contributed by atoms with E-state index in [1.807, 2.05) is 0 Å². The van der Waals surface area contributed by atoms with Gasteiger partial charge in [0.1, 0.15) is 28.3 Å². The molecule has 2 atom stereocenters. The summed E-state index contributed by atoms with van der Waals surface area (Å²) in [6, 6.07) is 13.0. The fourth-order valence-electron chi connectivity index (χ4n) is 4.38. The first-order valence-electron chi connectivity index (χ1n) is 11.8. The van der Waals surface area contributed by atoms with Crippen LogP contribution in [0.1, 0.15) is 24.1 Å². The molecule has 0 saturated carbocycles. The normalized spacial score (nSPS) is 16.3. The molecule has 3 aromatic rings. The molecule has 0 bridgehead atoms. The van der Waals surface area contributed by atoms with Crippen molar-refractivity contribution in [1.82, 2.24) is 4.90 Å². The molecule has 1 fully saturated rings. The van der Waals surface area contributed by atoms with E-state index < -0.39 is 45.9 Å². The Kier molecular flexibility index (Phi) is 8.08. The molecule has 0 spiro atoms. The molecule has 4 rings (SSSR count). The monoisotopic (exact) mass is 571 g/mol. The molecule has 210 valence electrons. The molecule has 1 heterocycles. The van der Waals surface area contributed by atoms with Gasteiger partial charge < -0.3 is 14.2 Å². The fraction of sp³-hybridized carbons (Fsp3) is 0.333. The molecule has 0 radical (unpaired) electrons. The summed E-state index contributed by atoms with van der Waals surface area (Å²) in [5.74, 6) is -2.05. The summed E-state index contributed by atoms with van der Waals surface area (Å²) < 4.78 is 110. The summed E-state index contributed by atoms with van der Waals surface area (Å²) in [6.07, 6.45) is -6.50. The average molecular weight is 572 g/mol. The van der Waals surface area contributed by atoms with Gasteiger partial charge in [0, 0.05) is 25.4 Å². The summed E-state index contributed by atoms with van der Waals surface area (Å²) in [7, 11) is -2.63. The van der Waals surface area contributed by atoms with E-state index in [0.717, 1.165) is 37.4 Å². The van der Waals surface area contributed by atoms with Crippen LogP contribution in [0, 0.1) is 11.6 Å². The highest BCUT2D eigenvalue weighted by atomic mass is 32.2. The Hall–Kier alpha value is -3.38. The van der Waals surface area contributed by atoms with E-state index in [-0.39, 0.29) is 40.8 Å². The zero-order valence-electron chi connectivity index (χ0n) is 21.2. The molecule has 0 amide bonds. The molecular formula is C27H26F5NO5S. The first-order chi connectivity index (χ1) is 18.3. The van der Waals surface area contributed by atoms with Crippen LogP contribution in [0.25, 0.3) is 0 Å². The summed E-state index contributed by atoms with van der Waals surface area (Å²) in [5.41, 5.74) is 0.694. The highest BCUT2D eigenvalue weighted by Crippen LogP contribution is 2.46. The lowest BCUT2D eigenvalue weighted by atomic mass is 9.92. The van der Waals surface area contributed by atoms with Crippen molar-refractivity contribution >= 4 is 9.84 Å². The van der Waals surface area contributed by atoms with E-state index in [9.17, 15) is 30.4 Å². The van der Waals surface area contributed by atoms with Gasteiger partial charge in [0.25, 0.3) is 0 Å². The third-order valence-electron chi connectivity index (χ3n) is 6.31. The van der Waals surface area contributed by atoms with Crippen LogP contribution in [0.5, 0.6) is 17.2 Å². The number of methoxy groups -OCH3 is 1. The number of nitrogens with zero attached hydrogens (tertiary/aromatic N) is 1. The van der Waals surface area contributed by atoms with Crippen molar-refractivity contribution in [2.45, 2.75) is 36.2 Å². The molecule has 1 saturated heterocycles. The lowest BCUT2D eigenvalue weighted by Gasteiger charge is -2.45. The fourth-order valence-corrected chi connectivity index (χ4v) is 5.23.